The minimum atomic E-state index is -0.871. The molecule has 7 nitrogen and oxygen atoms in total. The topological polar surface area (TPSA) is 91.8 Å². The monoisotopic (exact) mass is 401 g/mol. The lowest BCUT2D eigenvalue weighted by atomic mass is 9.94. The highest BCUT2D eigenvalue weighted by atomic mass is 32.2. The van der Waals surface area contributed by atoms with Gasteiger partial charge in [0, 0.05) is 19.7 Å². The highest BCUT2D eigenvalue weighted by molar-refractivity contribution is 8.01. The Balaban J connectivity index is 1.97. The first-order valence-electron chi connectivity index (χ1n) is 8.90. The van der Waals surface area contributed by atoms with Crippen LogP contribution in [0.1, 0.15) is 45.4 Å². The molecule has 2 amide bonds. The van der Waals surface area contributed by atoms with Crippen LogP contribution >= 0.6 is 23.1 Å². The van der Waals surface area contributed by atoms with Crippen LogP contribution in [0.2, 0.25) is 0 Å². The molecule has 2 N–H and O–H groups in total. The van der Waals surface area contributed by atoms with Crippen LogP contribution in [0.3, 0.4) is 0 Å². The van der Waals surface area contributed by atoms with E-state index in [1.54, 1.807) is 13.3 Å². The molecule has 146 valence electrons. The highest BCUT2D eigenvalue weighted by Gasteiger charge is 2.26. The number of carbonyl (C=O) groups excluding carboxylic acids is 1. The summed E-state index contributed by atoms with van der Waals surface area (Å²) in [5.74, 6) is -0.886. The molecule has 0 spiro atoms. The molecule has 1 aromatic heterocycles. The Morgan fingerprint density at radius 3 is 2.85 bits per heavy atom. The number of thiazole rings is 1. The number of nitrogens with one attached hydrogen (secondary N) is 1. The molecule has 0 radical (unpaired) electrons. The van der Waals surface area contributed by atoms with Gasteiger partial charge in [-0.25, -0.2) is 9.78 Å². The Bertz CT molecular complexity index is 590. The zero-order valence-corrected chi connectivity index (χ0v) is 16.9. The Morgan fingerprint density at radius 1 is 1.46 bits per heavy atom. The van der Waals surface area contributed by atoms with Crippen LogP contribution in [0.4, 0.5) is 9.93 Å². The Hall–Kier alpha value is -1.32. The number of aliphatic carboxylic acids is 1. The lowest BCUT2D eigenvalue weighted by Gasteiger charge is -2.34. The first-order valence-corrected chi connectivity index (χ1v) is 10.7. The molecule has 1 unspecified atom stereocenters. The van der Waals surface area contributed by atoms with Crippen LogP contribution in [-0.4, -0.2) is 58.5 Å². The number of methoxy groups -OCH3 is 1. The Morgan fingerprint density at radius 2 is 2.19 bits per heavy atom. The van der Waals surface area contributed by atoms with Gasteiger partial charge in [0.2, 0.25) is 0 Å². The average molecular weight is 402 g/mol. The molecule has 0 bridgehead atoms. The smallest absolute Gasteiger partial charge is 0.323 e. The van der Waals surface area contributed by atoms with Gasteiger partial charge in [0.15, 0.2) is 5.13 Å². The van der Waals surface area contributed by atoms with E-state index in [9.17, 15) is 9.59 Å². The van der Waals surface area contributed by atoms with Crippen LogP contribution < -0.4 is 5.32 Å². The summed E-state index contributed by atoms with van der Waals surface area (Å²) in [5, 5.41) is 12.1. The molecular formula is C17H27N3O4S2. The second kappa shape index (κ2) is 10.7. The van der Waals surface area contributed by atoms with Gasteiger partial charge in [-0.3, -0.25) is 10.1 Å². The van der Waals surface area contributed by atoms with E-state index < -0.39 is 5.97 Å². The second-order valence-electron chi connectivity index (χ2n) is 6.42. The van der Waals surface area contributed by atoms with Gasteiger partial charge in [0.25, 0.3) is 0 Å². The molecule has 1 aromatic rings. The average Bonchev–Trinajstić information content (AvgIpc) is 3.08. The molecule has 1 aliphatic carbocycles. The van der Waals surface area contributed by atoms with E-state index in [-0.39, 0.29) is 23.9 Å². The summed E-state index contributed by atoms with van der Waals surface area (Å²) >= 11 is 2.51. The molecule has 0 aromatic carbocycles. The SMILES string of the molecule is COC(C)CCN(C(=O)Nc1ncc(SCC(=O)O)s1)C1CCCCC1. The third-order valence-electron chi connectivity index (χ3n) is 4.49. The largest absolute Gasteiger partial charge is 0.481 e. The molecule has 1 aliphatic rings. The van der Waals surface area contributed by atoms with Crippen LogP contribution in [0, 0.1) is 0 Å². The Kier molecular flexibility index (Phi) is 8.67. The van der Waals surface area contributed by atoms with E-state index in [0.717, 1.165) is 36.3 Å². The molecule has 0 aliphatic heterocycles. The molecule has 1 fully saturated rings. The van der Waals surface area contributed by atoms with Crippen LogP contribution in [-0.2, 0) is 9.53 Å². The third-order valence-corrected chi connectivity index (χ3v) is 6.58. The summed E-state index contributed by atoms with van der Waals surface area (Å²) in [5.41, 5.74) is 0. The number of carbonyl (C=O) groups is 2. The maximum Gasteiger partial charge on any atom is 0.323 e. The lowest BCUT2D eigenvalue weighted by Crippen LogP contribution is -2.45. The van der Waals surface area contributed by atoms with Crippen molar-refractivity contribution in [1.29, 1.82) is 0 Å². The van der Waals surface area contributed by atoms with E-state index in [1.807, 2.05) is 11.8 Å². The van der Waals surface area contributed by atoms with Crippen molar-refractivity contribution in [1.82, 2.24) is 9.88 Å². The fourth-order valence-electron chi connectivity index (χ4n) is 2.96. The number of rotatable bonds is 9. The van der Waals surface area contributed by atoms with Gasteiger partial charge >= 0.3 is 12.0 Å². The van der Waals surface area contributed by atoms with E-state index in [4.69, 9.17) is 9.84 Å². The number of hydrogen-bond acceptors (Lipinski definition) is 6. The predicted molar refractivity (Wildman–Crippen MR) is 104 cm³/mol. The van der Waals surface area contributed by atoms with Gasteiger partial charge in [0.05, 0.1) is 22.3 Å². The Labute approximate surface area is 162 Å². The first kappa shape index (κ1) is 21.0. The zero-order valence-electron chi connectivity index (χ0n) is 15.3. The van der Waals surface area contributed by atoms with Gasteiger partial charge in [0.1, 0.15) is 0 Å². The number of carboxylic acid groups (broad SMARTS) is 1. The number of anilines is 1. The van der Waals surface area contributed by atoms with Crippen LogP contribution in [0.5, 0.6) is 0 Å². The third kappa shape index (κ3) is 6.77. The summed E-state index contributed by atoms with van der Waals surface area (Å²) in [7, 11) is 1.68. The van der Waals surface area contributed by atoms with E-state index in [2.05, 4.69) is 10.3 Å². The number of nitrogens with zero attached hydrogens (tertiary/aromatic N) is 2. The maximum absolute atomic E-state index is 12.8. The second-order valence-corrected chi connectivity index (χ2v) is 8.72. The highest BCUT2D eigenvalue weighted by Crippen LogP contribution is 2.29. The van der Waals surface area contributed by atoms with Crippen molar-refractivity contribution in [3.8, 4) is 0 Å². The van der Waals surface area contributed by atoms with Gasteiger partial charge in [-0.05, 0) is 26.2 Å². The summed E-state index contributed by atoms with van der Waals surface area (Å²) in [6.45, 7) is 2.65. The zero-order chi connectivity index (χ0) is 18.9. The maximum atomic E-state index is 12.8. The summed E-state index contributed by atoms with van der Waals surface area (Å²) in [4.78, 5) is 29.6. The number of thioether (sulfide) groups is 1. The fourth-order valence-corrected chi connectivity index (χ4v) is 4.54. The van der Waals surface area contributed by atoms with Crippen LogP contribution in [0.25, 0.3) is 0 Å². The minimum absolute atomic E-state index is 0.0152. The van der Waals surface area contributed by atoms with E-state index >= 15 is 0 Å². The normalized spacial score (nSPS) is 16.2. The number of hydrogen-bond donors (Lipinski definition) is 2. The summed E-state index contributed by atoms with van der Waals surface area (Å²) in [6.07, 6.45) is 8.11. The summed E-state index contributed by atoms with van der Waals surface area (Å²) < 4.78 is 6.09. The molecule has 0 saturated heterocycles. The van der Waals surface area contributed by atoms with Crippen molar-refractivity contribution < 1.29 is 19.4 Å². The molecular weight excluding hydrogens is 374 g/mol. The number of carboxylic acids is 1. The number of ether oxygens (including phenoxy) is 1. The van der Waals surface area contributed by atoms with Crippen molar-refractivity contribution in [2.75, 3.05) is 24.7 Å². The van der Waals surface area contributed by atoms with Crippen LogP contribution in [0.15, 0.2) is 10.4 Å². The van der Waals surface area contributed by atoms with Crippen molar-refractivity contribution in [2.24, 2.45) is 0 Å². The van der Waals surface area contributed by atoms with Crippen molar-refractivity contribution >= 4 is 40.2 Å². The lowest BCUT2D eigenvalue weighted by molar-refractivity contribution is -0.133. The molecule has 9 heteroatoms. The van der Waals surface area contributed by atoms with Crippen molar-refractivity contribution in [3.05, 3.63) is 6.20 Å². The fraction of sp³-hybridized carbons (Fsp3) is 0.706. The summed E-state index contributed by atoms with van der Waals surface area (Å²) in [6, 6.07) is 0.123. The van der Waals surface area contributed by atoms with E-state index in [1.165, 1.54) is 29.5 Å². The minimum Gasteiger partial charge on any atom is -0.481 e. The van der Waals surface area contributed by atoms with Crippen molar-refractivity contribution in [2.45, 2.75) is 61.8 Å². The van der Waals surface area contributed by atoms with Gasteiger partial charge in [-0.2, -0.15) is 0 Å². The van der Waals surface area contributed by atoms with Gasteiger partial charge in [-0.15, -0.1) is 11.8 Å². The first-order chi connectivity index (χ1) is 12.5. The molecule has 1 heterocycles. The molecule has 1 saturated carbocycles. The molecule has 1 atom stereocenters. The van der Waals surface area contributed by atoms with Gasteiger partial charge in [-0.1, -0.05) is 30.6 Å². The standard InChI is InChI=1S/C17H27N3O4S2/c1-12(24-2)8-9-20(13-6-4-3-5-7-13)17(23)19-16-18-10-15(26-16)25-11-14(21)22/h10,12-13H,3-9,11H2,1-2H3,(H,21,22)(H,18,19,23). The number of amides is 2. The van der Waals surface area contributed by atoms with Crippen molar-refractivity contribution in [3.63, 3.8) is 0 Å². The number of aromatic nitrogens is 1. The van der Waals surface area contributed by atoms with E-state index in [0.29, 0.717) is 11.7 Å². The molecule has 2 rings (SSSR count). The molecule has 26 heavy (non-hydrogen) atoms. The van der Waals surface area contributed by atoms with Gasteiger partial charge < -0.3 is 14.7 Å². The number of urea groups is 1. The predicted octanol–water partition coefficient (Wildman–Crippen LogP) is 3.91. The quantitative estimate of drug-likeness (QED) is 0.610.